The molecule has 0 spiro atoms. The summed E-state index contributed by atoms with van der Waals surface area (Å²) >= 11 is 0. The van der Waals surface area contributed by atoms with Gasteiger partial charge in [-0.3, -0.25) is 0 Å². The minimum atomic E-state index is 0.294. The zero-order chi connectivity index (χ0) is 24.0. The SMILES string of the molecule is Cc1cc(-c2cc(-c3cc(C)c(O)cc3C)cc(-c3cc(C)c(O)cc3C)c2)c(C)cc1O. The molecular weight excluding hydrogens is 408 g/mol. The second kappa shape index (κ2) is 8.32. The Kier molecular flexibility index (Phi) is 5.67. The summed E-state index contributed by atoms with van der Waals surface area (Å²) < 4.78 is 0. The highest BCUT2D eigenvalue weighted by Crippen LogP contribution is 2.39. The molecule has 33 heavy (non-hydrogen) atoms. The van der Waals surface area contributed by atoms with Gasteiger partial charge in [-0.25, -0.2) is 0 Å². The largest absolute Gasteiger partial charge is 0.508 e. The molecule has 3 N–H and O–H groups in total. The number of rotatable bonds is 3. The average Bonchev–Trinajstić information content (AvgIpc) is 2.75. The van der Waals surface area contributed by atoms with Crippen molar-refractivity contribution < 1.29 is 15.3 Å². The molecule has 4 aromatic rings. The topological polar surface area (TPSA) is 60.7 Å². The van der Waals surface area contributed by atoms with E-state index in [4.69, 9.17) is 0 Å². The van der Waals surface area contributed by atoms with E-state index in [0.29, 0.717) is 17.2 Å². The van der Waals surface area contributed by atoms with Crippen LogP contribution in [0.15, 0.2) is 54.6 Å². The van der Waals surface area contributed by atoms with E-state index in [1.165, 1.54) is 0 Å². The zero-order valence-electron chi connectivity index (χ0n) is 20.0. The van der Waals surface area contributed by atoms with Crippen molar-refractivity contribution in [1.82, 2.24) is 0 Å². The smallest absolute Gasteiger partial charge is 0.118 e. The third-order valence-electron chi connectivity index (χ3n) is 6.49. The van der Waals surface area contributed by atoms with E-state index < -0.39 is 0 Å². The van der Waals surface area contributed by atoms with Crippen LogP contribution in [0.1, 0.15) is 33.4 Å². The summed E-state index contributed by atoms with van der Waals surface area (Å²) in [6.45, 7) is 11.7. The molecule has 0 atom stereocenters. The number of benzene rings is 4. The molecule has 4 aromatic carbocycles. The van der Waals surface area contributed by atoms with E-state index >= 15 is 0 Å². The summed E-state index contributed by atoms with van der Waals surface area (Å²) in [5.41, 5.74) is 11.8. The summed E-state index contributed by atoms with van der Waals surface area (Å²) in [7, 11) is 0. The van der Waals surface area contributed by atoms with Crippen LogP contribution in [0.25, 0.3) is 33.4 Å². The Bertz CT molecular complexity index is 1210. The molecule has 0 aliphatic rings. The van der Waals surface area contributed by atoms with Crippen LogP contribution >= 0.6 is 0 Å². The summed E-state index contributed by atoms with van der Waals surface area (Å²) in [5.74, 6) is 0.882. The van der Waals surface area contributed by atoms with Gasteiger partial charge in [0.05, 0.1) is 0 Å². The quantitative estimate of drug-likeness (QED) is 0.308. The summed E-state index contributed by atoms with van der Waals surface area (Å²) in [6.07, 6.45) is 0. The molecule has 0 saturated heterocycles. The van der Waals surface area contributed by atoms with Gasteiger partial charge in [-0.2, -0.15) is 0 Å². The monoisotopic (exact) mass is 438 g/mol. The Morgan fingerprint density at radius 1 is 0.333 bits per heavy atom. The molecule has 0 radical (unpaired) electrons. The molecule has 0 aromatic heterocycles. The van der Waals surface area contributed by atoms with Crippen LogP contribution in [0.5, 0.6) is 17.2 Å². The van der Waals surface area contributed by atoms with E-state index in [2.05, 4.69) is 18.2 Å². The van der Waals surface area contributed by atoms with E-state index in [0.717, 1.165) is 66.8 Å². The minimum Gasteiger partial charge on any atom is -0.508 e. The van der Waals surface area contributed by atoms with Crippen LogP contribution in [0, 0.1) is 41.5 Å². The van der Waals surface area contributed by atoms with Gasteiger partial charge in [0.25, 0.3) is 0 Å². The van der Waals surface area contributed by atoms with E-state index in [-0.39, 0.29) is 0 Å². The van der Waals surface area contributed by atoms with Crippen LogP contribution in [-0.2, 0) is 0 Å². The fourth-order valence-corrected chi connectivity index (χ4v) is 4.43. The Labute approximate surface area is 195 Å². The van der Waals surface area contributed by atoms with Crippen LogP contribution in [-0.4, -0.2) is 15.3 Å². The molecule has 3 nitrogen and oxygen atoms in total. The molecule has 4 rings (SSSR count). The van der Waals surface area contributed by atoms with Crippen molar-refractivity contribution in [2.24, 2.45) is 0 Å². The van der Waals surface area contributed by atoms with Crippen molar-refractivity contribution >= 4 is 0 Å². The Hall–Kier alpha value is -3.72. The Balaban J connectivity index is 2.04. The number of phenols is 3. The third-order valence-corrected chi connectivity index (χ3v) is 6.49. The predicted octanol–water partition coefficient (Wildman–Crippen LogP) is 7.65. The fourth-order valence-electron chi connectivity index (χ4n) is 4.43. The lowest BCUT2D eigenvalue weighted by Crippen LogP contribution is -1.93. The van der Waals surface area contributed by atoms with Gasteiger partial charge in [-0.1, -0.05) is 0 Å². The number of hydrogen-bond acceptors (Lipinski definition) is 3. The number of aromatic hydroxyl groups is 3. The summed E-state index contributed by atoms with van der Waals surface area (Å²) in [6, 6.07) is 18.0. The van der Waals surface area contributed by atoms with Gasteiger partial charge < -0.3 is 15.3 Å². The first-order valence-corrected chi connectivity index (χ1v) is 11.1. The highest BCUT2D eigenvalue weighted by molar-refractivity contribution is 5.85. The van der Waals surface area contributed by atoms with Gasteiger partial charge in [-0.15, -0.1) is 0 Å². The summed E-state index contributed by atoms with van der Waals surface area (Å²) in [5, 5.41) is 30.5. The van der Waals surface area contributed by atoms with Crippen molar-refractivity contribution in [2.75, 3.05) is 0 Å². The standard InChI is InChI=1S/C30H30O3/c1-16-10-28(31)19(4)7-25(16)22-13-23(26-8-20(5)29(32)11-17(26)2)15-24(14-22)27-9-21(6)30(33)12-18(27)3/h7-15,31-33H,1-6H3. The van der Waals surface area contributed by atoms with Gasteiger partial charge >= 0.3 is 0 Å². The van der Waals surface area contributed by atoms with Gasteiger partial charge in [0, 0.05) is 0 Å². The van der Waals surface area contributed by atoms with Crippen LogP contribution in [0.3, 0.4) is 0 Å². The van der Waals surface area contributed by atoms with E-state index in [1.54, 1.807) is 0 Å². The number of hydrogen-bond donors (Lipinski definition) is 3. The average molecular weight is 439 g/mol. The molecular formula is C30H30O3. The maximum Gasteiger partial charge on any atom is 0.118 e. The highest BCUT2D eigenvalue weighted by Gasteiger charge is 2.15. The molecule has 0 aliphatic carbocycles. The van der Waals surface area contributed by atoms with Crippen LogP contribution in [0.2, 0.25) is 0 Å². The van der Waals surface area contributed by atoms with E-state index in [9.17, 15) is 15.3 Å². The van der Waals surface area contributed by atoms with Crippen LogP contribution in [0.4, 0.5) is 0 Å². The lowest BCUT2D eigenvalue weighted by molar-refractivity contribution is 0.470. The Morgan fingerprint density at radius 2 is 0.576 bits per heavy atom. The third kappa shape index (κ3) is 4.19. The van der Waals surface area contributed by atoms with Gasteiger partial charge in [0.2, 0.25) is 0 Å². The number of phenolic OH excluding ortho intramolecular Hbond substituents is 3. The normalized spacial score (nSPS) is 11.1. The Morgan fingerprint density at radius 3 is 0.818 bits per heavy atom. The number of aryl methyl sites for hydroxylation is 6. The molecule has 168 valence electrons. The van der Waals surface area contributed by atoms with Gasteiger partial charge in [0.1, 0.15) is 17.2 Å². The van der Waals surface area contributed by atoms with Crippen LogP contribution < -0.4 is 0 Å². The lowest BCUT2D eigenvalue weighted by Gasteiger charge is -2.17. The minimum absolute atomic E-state index is 0.294. The molecule has 3 heteroatoms. The van der Waals surface area contributed by atoms with Crippen molar-refractivity contribution in [3.05, 3.63) is 88.0 Å². The van der Waals surface area contributed by atoms with Crippen molar-refractivity contribution in [3.8, 4) is 50.6 Å². The molecule has 0 fully saturated rings. The second-order valence-corrected chi connectivity index (χ2v) is 9.16. The molecule has 0 amide bonds. The maximum absolute atomic E-state index is 10.2. The molecule has 0 saturated carbocycles. The second-order valence-electron chi connectivity index (χ2n) is 9.16. The first-order chi connectivity index (χ1) is 15.5. The zero-order valence-corrected chi connectivity index (χ0v) is 20.0. The molecule has 0 aliphatic heterocycles. The lowest BCUT2D eigenvalue weighted by atomic mass is 9.88. The maximum atomic E-state index is 10.2. The van der Waals surface area contributed by atoms with E-state index in [1.807, 2.05) is 77.9 Å². The van der Waals surface area contributed by atoms with Crippen molar-refractivity contribution in [2.45, 2.75) is 41.5 Å². The van der Waals surface area contributed by atoms with Gasteiger partial charge in [0.15, 0.2) is 0 Å². The first kappa shape index (κ1) is 22.5. The summed E-state index contributed by atoms with van der Waals surface area (Å²) in [4.78, 5) is 0. The molecule has 0 heterocycles. The highest BCUT2D eigenvalue weighted by atomic mass is 16.3. The molecule has 0 unspecified atom stereocenters. The van der Waals surface area contributed by atoms with Crippen molar-refractivity contribution in [1.29, 1.82) is 0 Å². The predicted molar refractivity (Wildman–Crippen MR) is 136 cm³/mol. The first-order valence-electron chi connectivity index (χ1n) is 11.1. The fraction of sp³-hybridized carbons (Fsp3) is 0.200. The van der Waals surface area contributed by atoms with Crippen molar-refractivity contribution in [3.63, 3.8) is 0 Å². The molecule has 0 bridgehead atoms. The van der Waals surface area contributed by atoms with Gasteiger partial charge in [-0.05, 0) is 163 Å².